The third-order valence-electron chi connectivity index (χ3n) is 5.63. The molecule has 162 valence electrons. The first-order valence-electron chi connectivity index (χ1n) is 10.4. The molecule has 2 fully saturated rings. The van der Waals surface area contributed by atoms with Crippen LogP contribution in [-0.2, 0) is 11.4 Å². The summed E-state index contributed by atoms with van der Waals surface area (Å²) in [5.41, 5.74) is 1.26. The summed E-state index contributed by atoms with van der Waals surface area (Å²) in [5.74, 6) is 0.475. The molecule has 4 nitrogen and oxygen atoms in total. The van der Waals surface area contributed by atoms with Gasteiger partial charge in [0.05, 0.1) is 9.38 Å². The molecule has 1 aliphatic carbocycles. The molecule has 1 saturated carbocycles. The molecule has 4 rings (SSSR count). The minimum absolute atomic E-state index is 0.116. The maximum atomic E-state index is 13.8. The molecule has 1 aliphatic heterocycles. The van der Waals surface area contributed by atoms with E-state index in [1.807, 2.05) is 12.1 Å². The zero-order valence-corrected chi connectivity index (χ0v) is 19.4. The molecule has 2 aliphatic rings. The quantitative estimate of drug-likeness (QED) is 0.407. The first-order chi connectivity index (χ1) is 15.0. The Morgan fingerprint density at radius 1 is 1.13 bits per heavy atom. The number of halogens is 2. The third-order valence-corrected chi connectivity index (χ3v) is 7.16. The summed E-state index contributed by atoms with van der Waals surface area (Å²) < 4.78 is 20.2. The highest BCUT2D eigenvalue weighted by Gasteiger charge is 2.36. The number of rotatable bonds is 6. The molecule has 0 radical (unpaired) electrons. The molecule has 0 unspecified atom stereocenters. The Labute approximate surface area is 194 Å². The topological polar surface area (TPSA) is 46.6 Å². The lowest BCUT2D eigenvalue weighted by Gasteiger charge is -2.25. The summed E-state index contributed by atoms with van der Waals surface area (Å²) >= 11 is 4.47. The molecule has 0 spiro atoms. The Kier molecular flexibility index (Phi) is 7.13. The average molecular weight is 504 g/mol. The molecular formula is C24H23BrFNO3S. The smallest absolute Gasteiger partial charge is 0.293 e. The van der Waals surface area contributed by atoms with Crippen LogP contribution in [0.5, 0.6) is 5.75 Å². The Morgan fingerprint density at radius 2 is 1.90 bits per heavy atom. The number of ether oxygens (including phenoxy) is 1. The van der Waals surface area contributed by atoms with E-state index in [0.717, 1.165) is 30.2 Å². The molecule has 0 bridgehead atoms. The molecule has 2 aromatic rings. The first-order valence-corrected chi connectivity index (χ1v) is 12.0. The van der Waals surface area contributed by atoms with Gasteiger partial charge in [0.25, 0.3) is 11.1 Å². The summed E-state index contributed by atoms with van der Waals surface area (Å²) in [6, 6.07) is 11.9. The van der Waals surface area contributed by atoms with Crippen LogP contribution in [0.4, 0.5) is 9.18 Å². The fraction of sp³-hybridized carbons (Fsp3) is 0.333. The molecule has 0 atom stereocenters. The molecule has 0 N–H and O–H groups in total. The molecule has 1 saturated heterocycles. The predicted molar refractivity (Wildman–Crippen MR) is 124 cm³/mol. The lowest BCUT2D eigenvalue weighted by atomic mass is 9.89. The van der Waals surface area contributed by atoms with Gasteiger partial charge in [-0.3, -0.25) is 14.5 Å². The fourth-order valence-corrected chi connectivity index (χ4v) is 5.29. The molecule has 2 aromatic carbocycles. The van der Waals surface area contributed by atoms with E-state index in [-0.39, 0.29) is 23.6 Å². The highest BCUT2D eigenvalue weighted by Crippen LogP contribution is 2.36. The van der Waals surface area contributed by atoms with Crippen LogP contribution in [0.2, 0.25) is 0 Å². The number of amides is 2. The lowest BCUT2D eigenvalue weighted by molar-refractivity contribution is -0.123. The van der Waals surface area contributed by atoms with Gasteiger partial charge < -0.3 is 4.74 Å². The van der Waals surface area contributed by atoms with Crippen molar-refractivity contribution < 1.29 is 18.7 Å². The van der Waals surface area contributed by atoms with Gasteiger partial charge in [-0.2, -0.15) is 0 Å². The van der Waals surface area contributed by atoms with Crippen LogP contribution in [0, 0.1) is 11.7 Å². The molecule has 31 heavy (non-hydrogen) atoms. The molecule has 1 heterocycles. The number of thioether (sulfide) groups is 1. The van der Waals surface area contributed by atoms with Gasteiger partial charge >= 0.3 is 0 Å². The normalized spacial score (nSPS) is 18.8. The maximum absolute atomic E-state index is 13.8. The van der Waals surface area contributed by atoms with Crippen molar-refractivity contribution in [2.45, 2.75) is 38.7 Å². The van der Waals surface area contributed by atoms with E-state index in [9.17, 15) is 14.0 Å². The Morgan fingerprint density at radius 3 is 2.65 bits per heavy atom. The van der Waals surface area contributed by atoms with Crippen molar-refractivity contribution in [3.63, 3.8) is 0 Å². The Balaban J connectivity index is 1.42. The van der Waals surface area contributed by atoms with E-state index in [1.165, 1.54) is 30.2 Å². The predicted octanol–water partition coefficient (Wildman–Crippen LogP) is 6.78. The standard InChI is InChI=1S/C24H23BrFNO3S/c25-19-12-17(10-11-21(19)30-15-18-8-4-5-9-20(18)26)13-22-23(28)27(24(29)31-22)14-16-6-2-1-3-7-16/h4-5,8-13,16H,1-3,6-7,14-15H2/b22-13+. The van der Waals surface area contributed by atoms with Crippen LogP contribution in [0.15, 0.2) is 51.8 Å². The van der Waals surface area contributed by atoms with Crippen molar-refractivity contribution in [2.75, 3.05) is 6.54 Å². The molecule has 7 heteroatoms. The van der Waals surface area contributed by atoms with Crippen LogP contribution >= 0.6 is 27.7 Å². The van der Waals surface area contributed by atoms with E-state index < -0.39 is 0 Å². The van der Waals surface area contributed by atoms with Crippen molar-refractivity contribution >= 4 is 44.9 Å². The van der Waals surface area contributed by atoms with Gasteiger partial charge in [0.1, 0.15) is 18.2 Å². The van der Waals surface area contributed by atoms with Crippen molar-refractivity contribution in [2.24, 2.45) is 5.92 Å². The molecular weight excluding hydrogens is 481 g/mol. The second-order valence-corrected chi connectivity index (χ2v) is 9.71. The zero-order valence-electron chi connectivity index (χ0n) is 17.0. The van der Waals surface area contributed by atoms with Crippen molar-refractivity contribution in [1.29, 1.82) is 0 Å². The van der Waals surface area contributed by atoms with Gasteiger partial charge in [-0.1, -0.05) is 43.5 Å². The van der Waals surface area contributed by atoms with E-state index in [0.29, 0.717) is 33.2 Å². The third kappa shape index (κ3) is 5.39. The van der Waals surface area contributed by atoms with E-state index >= 15 is 0 Å². The maximum Gasteiger partial charge on any atom is 0.293 e. The number of hydrogen-bond donors (Lipinski definition) is 0. The van der Waals surface area contributed by atoms with E-state index in [2.05, 4.69) is 15.9 Å². The van der Waals surface area contributed by atoms with E-state index in [4.69, 9.17) is 4.74 Å². The number of carbonyl (C=O) groups excluding carboxylic acids is 2. The largest absolute Gasteiger partial charge is 0.488 e. The molecule has 0 aromatic heterocycles. The van der Waals surface area contributed by atoms with Gasteiger partial charge in [-0.15, -0.1) is 0 Å². The minimum atomic E-state index is -0.306. The van der Waals surface area contributed by atoms with Gasteiger partial charge in [-0.05, 0) is 76.3 Å². The summed E-state index contributed by atoms with van der Waals surface area (Å²) in [6.07, 6.45) is 7.50. The number of benzene rings is 2. The van der Waals surface area contributed by atoms with Gasteiger partial charge in [0, 0.05) is 12.1 Å². The van der Waals surface area contributed by atoms with Gasteiger partial charge in [-0.25, -0.2) is 4.39 Å². The minimum Gasteiger partial charge on any atom is -0.488 e. The second kappa shape index (κ2) is 10.0. The highest BCUT2D eigenvalue weighted by atomic mass is 79.9. The monoisotopic (exact) mass is 503 g/mol. The van der Waals surface area contributed by atoms with Gasteiger partial charge in [0.2, 0.25) is 0 Å². The number of imide groups is 1. The average Bonchev–Trinajstić information content (AvgIpc) is 3.02. The van der Waals surface area contributed by atoms with Crippen LogP contribution in [0.25, 0.3) is 6.08 Å². The number of hydrogen-bond acceptors (Lipinski definition) is 4. The summed E-state index contributed by atoms with van der Waals surface area (Å²) in [6.45, 7) is 0.638. The Hall–Kier alpha value is -2.12. The number of nitrogens with zero attached hydrogens (tertiary/aromatic N) is 1. The number of carbonyl (C=O) groups is 2. The summed E-state index contributed by atoms with van der Waals surface area (Å²) in [7, 11) is 0. The van der Waals surface area contributed by atoms with E-state index in [1.54, 1.807) is 30.3 Å². The van der Waals surface area contributed by atoms with Crippen molar-refractivity contribution in [3.05, 3.63) is 68.8 Å². The lowest BCUT2D eigenvalue weighted by Crippen LogP contribution is -2.34. The zero-order chi connectivity index (χ0) is 21.8. The van der Waals surface area contributed by atoms with Crippen LogP contribution < -0.4 is 4.74 Å². The first kappa shape index (κ1) is 22.1. The van der Waals surface area contributed by atoms with Crippen molar-refractivity contribution in [1.82, 2.24) is 4.90 Å². The van der Waals surface area contributed by atoms with Gasteiger partial charge in [0.15, 0.2) is 0 Å². The van der Waals surface area contributed by atoms with Crippen LogP contribution in [0.3, 0.4) is 0 Å². The fourth-order valence-electron chi connectivity index (χ4n) is 3.93. The summed E-state index contributed by atoms with van der Waals surface area (Å²) in [5, 5.41) is -0.189. The van der Waals surface area contributed by atoms with Crippen LogP contribution in [-0.4, -0.2) is 22.6 Å². The van der Waals surface area contributed by atoms with Crippen molar-refractivity contribution in [3.8, 4) is 5.75 Å². The molecule has 2 amide bonds. The second-order valence-electron chi connectivity index (χ2n) is 7.87. The SMILES string of the molecule is O=C1S/C(=C/c2ccc(OCc3ccccc3F)c(Br)c2)C(=O)N1CC1CCCCC1. The highest BCUT2D eigenvalue weighted by molar-refractivity contribution is 9.10. The summed E-state index contributed by atoms with van der Waals surface area (Å²) in [4.78, 5) is 27.0. The Bertz CT molecular complexity index is 1020. The van der Waals surface area contributed by atoms with Crippen LogP contribution in [0.1, 0.15) is 43.2 Å².